The number of aliphatic hydroxyl groups excluding tert-OH is 1. The molecule has 0 fully saturated rings. The van der Waals surface area contributed by atoms with Crippen LogP contribution in [-0.4, -0.2) is 23.2 Å². The van der Waals surface area contributed by atoms with E-state index in [1.807, 2.05) is 13.0 Å². The summed E-state index contributed by atoms with van der Waals surface area (Å²) >= 11 is 3.38. The van der Waals surface area contributed by atoms with Crippen LogP contribution in [-0.2, 0) is 0 Å². The molecule has 0 saturated carbocycles. The molecule has 2 N–H and O–H groups in total. The maximum absolute atomic E-state index is 8.58. The minimum absolute atomic E-state index is 0.211. The molecule has 13 heavy (non-hydrogen) atoms. The van der Waals surface area contributed by atoms with E-state index in [0.29, 0.717) is 0 Å². The maximum atomic E-state index is 8.58. The molecule has 0 spiro atoms. The van der Waals surface area contributed by atoms with Crippen molar-refractivity contribution in [3.8, 4) is 0 Å². The van der Waals surface area contributed by atoms with E-state index < -0.39 is 0 Å². The second kappa shape index (κ2) is 5.19. The molecule has 72 valence electrons. The molecule has 0 unspecified atom stereocenters. The van der Waals surface area contributed by atoms with Crippen LogP contribution in [0.4, 0.5) is 5.82 Å². The Morgan fingerprint density at radius 2 is 2.38 bits per heavy atom. The number of aryl methyl sites for hydroxylation is 1. The maximum Gasteiger partial charge on any atom is 0.126 e. The molecule has 0 aliphatic carbocycles. The van der Waals surface area contributed by atoms with Crippen LogP contribution >= 0.6 is 15.9 Å². The summed E-state index contributed by atoms with van der Waals surface area (Å²) in [5, 5.41) is 11.7. The molecule has 4 heteroatoms. The number of aromatic nitrogens is 1. The minimum Gasteiger partial charge on any atom is -0.396 e. The standard InChI is InChI=1S/C9H13BrN2O/c1-7-5-9(11-3-2-4-13)12-6-8(7)10/h5-6,13H,2-4H2,1H3,(H,11,12). The summed E-state index contributed by atoms with van der Waals surface area (Å²) < 4.78 is 1.01. The van der Waals surface area contributed by atoms with Crippen LogP contribution in [0.1, 0.15) is 12.0 Å². The number of pyridine rings is 1. The zero-order chi connectivity index (χ0) is 9.68. The molecule has 1 aromatic heterocycles. The molecule has 0 amide bonds. The zero-order valence-electron chi connectivity index (χ0n) is 7.55. The molecule has 1 heterocycles. The van der Waals surface area contributed by atoms with E-state index in [2.05, 4.69) is 26.2 Å². The average Bonchev–Trinajstić information content (AvgIpc) is 2.12. The molecule has 0 bridgehead atoms. The second-order valence-corrected chi connectivity index (χ2v) is 3.68. The highest BCUT2D eigenvalue weighted by atomic mass is 79.9. The number of nitrogens with zero attached hydrogens (tertiary/aromatic N) is 1. The number of nitrogens with one attached hydrogen (secondary N) is 1. The quantitative estimate of drug-likeness (QED) is 0.797. The number of halogens is 1. The lowest BCUT2D eigenvalue weighted by molar-refractivity contribution is 0.292. The largest absolute Gasteiger partial charge is 0.396 e. The van der Waals surface area contributed by atoms with Crippen molar-refractivity contribution in [2.24, 2.45) is 0 Å². The fourth-order valence-electron chi connectivity index (χ4n) is 0.932. The fourth-order valence-corrected chi connectivity index (χ4v) is 1.15. The predicted octanol–water partition coefficient (Wildman–Crippen LogP) is 1.95. The average molecular weight is 245 g/mol. The van der Waals surface area contributed by atoms with Crippen molar-refractivity contribution < 1.29 is 5.11 Å². The Morgan fingerprint density at radius 1 is 1.62 bits per heavy atom. The first-order valence-corrected chi connectivity index (χ1v) is 5.00. The third kappa shape index (κ3) is 3.32. The molecule has 1 aromatic rings. The summed E-state index contributed by atoms with van der Waals surface area (Å²) in [6, 6.07) is 1.97. The molecule has 0 atom stereocenters. The van der Waals surface area contributed by atoms with Crippen LogP contribution in [0.2, 0.25) is 0 Å². The number of aliphatic hydroxyl groups is 1. The Hall–Kier alpha value is -0.610. The summed E-state index contributed by atoms with van der Waals surface area (Å²) in [6.45, 7) is 2.98. The van der Waals surface area contributed by atoms with Gasteiger partial charge in [-0.1, -0.05) is 0 Å². The van der Waals surface area contributed by atoms with Crippen LogP contribution in [0.3, 0.4) is 0 Å². The van der Waals surface area contributed by atoms with Gasteiger partial charge in [0.1, 0.15) is 5.82 Å². The predicted molar refractivity (Wildman–Crippen MR) is 56.9 cm³/mol. The molecule has 0 saturated heterocycles. The number of hydrogen-bond acceptors (Lipinski definition) is 3. The van der Waals surface area contributed by atoms with E-state index in [0.717, 1.165) is 28.8 Å². The monoisotopic (exact) mass is 244 g/mol. The third-order valence-corrected chi connectivity index (χ3v) is 2.52. The van der Waals surface area contributed by atoms with Crippen molar-refractivity contribution in [3.63, 3.8) is 0 Å². The summed E-state index contributed by atoms with van der Waals surface area (Å²) in [7, 11) is 0. The molecular formula is C9H13BrN2O. The van der Waals surface area contributed by atoms with Gasteiger partial charge in [0.2, 0.25) is 0 Å². The van der Waals surface area contributed by atoms with Gasteiger partial charge in [-0.05, 0) is 40.9 Å². The minimum atomic E-state index is 0.211. The highest BCUT2D eigenvalue weighted by Crippen LogP contribution is 2.16. The van der Waals surface area contributed by atoms with Crippen molar-refractivity contribution in [1.82, 2.24) is 4.98 Å². The van der Waals surface area contributed by atoms with E-state index in [1.54, 1.807) is 6.20 Å². The molecule has 0 aliphatic rings. The summed E-state index contributed by atoms with van der Waals surface area (Å²) in [6.07, 6.45) is 2.52. The van der Waals surface area contributed by atoms with Gasteiger partial charge in [0.15, 0.2) is 0 Å². The van der Waals surface area contributed by atoms with Crippen LogP contribution < -0.4 is 5.32 Å². The lowest BCUT2D eigenvalue weighted by atomic mass is 10.3. The lowest BCUT2D eigenvalue weighted by Crippen LogP contribution is -2.04. The van der Waals surface area contributed by atoms with Gasteiger partial charge in [-0.15, -0.1) is 0 Å². The highest BCUT2D eigenvalue weighted by Gasteiger charge is 1.97. The van der Waals surface area contributed by atoms with Gasteiger partial charge in [0.05, 0.1) is 0 Å². The Morgan fingerprint density at radius 3 is 3.00 bits per heavy atom. The van der Waals surface area contributed by atoms with Crippen molar-refractivity contribution in [3.05, 3.63) is 22.3 Å². The normalized spacial score (nSPS) is 10.1. The second-order valence-electron chi connectivity index (χ2n) is 2.82. The topological polar surface area (TPSA) is 45.1 Å². The lowest BCUT2D eigenvalue weighted by Gasteiger charge is -2.05. The van der Waals surface area contributed by atoms with Gasteiger partial charge in [0, 0.05) is 23.8 Å². The molecule has 0 radical (unpaired) electrons. The van der Waals surface area contributed by atoms with Crippen LogP contribution in [0.5, 0.6) is 0 Å². The zero-order valence-corrected chi connectivity index (χ0v) is 9.13. The van der Waals surface area contributed by atoms with Gasteiger partial charge in [-0.25, -0.2) is 4.98 Å². The summed E-state index contributed by atoms with van der Waals surface area (Å²) in [5.41, 5.74) is 1.15. The van der Waals surface area contributed by atoms with Crippen molar-refractivity contribution in [2.75, 3.05) is 18.5 Å². The van der Waals surface area contributed by atoms with Crippen molar-refractivity contribution in [2.45, 2.75) is 13.3 Å². The van der Waals surface area contributed by atoms with Gasteiger partial charge < -0.3 is 10.4 Å². The number of anilines is 1. The number of rotatable bonds is 4. The van der Waals surface area contributed by atoms with Crippen molar-refractivity contribution in [1.29, 1.82) is 0 Å². The summed E-state index contributed by atoms with van der Waals surface area (Å²) in [4.78, 5) is 4.17. The highest BCUT2D eigenvalue weighted by molar-refractivity contribution is 9.10. The Kier molecular flexibility index (Phi) is 4.18. The van der Waals surface area contributed by atoms with Gasteiger partial charge >= 0.3 is 0 Å². The molecule has 3 nitrogen and oxygen atoms in total. The first kappa shape index (κ1) is 10.5. The van der Waals surface area contributed by atoms with E-state index in [1.165, 1.54) is 0 Å². The first-order chi connectivity index (χ1) is 6.24. The summed E-state index contributed by atoms with van der Waals surface area (Å²) in [5.74, 6) is 0.856. The van der Waals surface area contributed by atoms with Gasteiger partial charge in [0.25, 0.3) is 0 Å². The third-order valence-electron chi connectivity index (χ3n) is 1.69. The van der Waals surface area contributed by atoms with Crippen LogP contribution in [0.25, 0.3) is 0 Å². The van der Waals surface area contributed by atoms with E-state index >= 15 is 0 Å². The molecule has 0 aromatic carbocycles. The molecule has 0 aliphatic heterocycles. The van der Waals surface area contributed by atoms with Crippen molar-refractivity contribution >= 4 is 21.7 Å². The smallest absolute Gasteiger partial charge is 0.126 e. The van der Waals surface area contributed by atoms with E-state index in [4.69, 9.17) is 5.11 Å². The Labute approximate surface area is 86.3 Å². The Balaban J connectivity index is 2.53. The van der Waals surface area contributed by atoms with Crippen LogP contribution in [0, 0.1) is 6.92 Å². The van der Waals surface area contributed by atoms with E-state index in [-0.39, 0.29) is 6.61 Å². The van der Waals surface area contributed by atoms with Gasteiger partial charge in [-0.3, -0.25) is 0 Å². The van der Waals surface area contributed by atoms with Crippen LogP contribution in [0.15, 0.2) is 16.7 Å². The molecular weight excluding hydrogens is 232 g/mol. The Bertz CT molecular complexity index is 278. The fraction of sp³-hybridized carbons (Fsp3) is 0.444. The first-order valence-electron chi connectivity index (χ1n) is 4.21. The number of hydrogen-bond donors (Lipinski definition) is 2. The molecule has 1 rings (SSSR count). The van der Waals surface area contributed by atoms with Gasteiger partial charge in [-0.2, -0.15) is 0 Å². The van der Waals surface area contributed by atoms with E-state index in [9.17, 15) is 0 Å². The SMILES string of the molecule is Cc1cc(NCCCO)ncc1Br.